The van der Waals surface area contributed by atoms with E-state index in [1.807, 2.05) is 13.8 Å². The van der Waals surface area contributed by atoms with E-state index in [1.165, 1.54) is 0 Å². The fraction of sp³-hybridized carbons (Fsp3) is 0.667. The molecule has 1 aliphatic heterocycles. The third-order valence-corrected chi connectivity index (χ3v) is 6.16. The number of carbonyl (C=O) groups is 1. The van der Waals surface area contributed by atoms with Crippen LogP contribution in [0.25, 0.3) is 0 Å². The molecular formula is C21H30F3N3O2. The van der Waals surface area contributed by atoms with E-state index in [1.54, 1.807) is 0 Å². The fourth-order valence-corrected chi connectivity index (χ4v) is 4.45. The summed E-state index contributed by atoms with van der Waals surface area (Å²) < 4.78 is 43.8. The molecule has 162 valence electrons. The maximum Gasteiger partial charge on any atom is 0.404 e. The van der Waals surface area contributed by atoms with E-state index in [0.29, 0.717) is 19.1 Å². The lowest BCUT2D eigenvalue weighted by atomic mass is 9.92. The number of benzene rings is 1. The van der Waals surface area contributed by atoms with Crippen LogP contribution in [0.15, 0.2) is 12.1 Å². The quantitative estimate of drug-likeness (QED) is 0.737. The molecule has 0 radical (unpaired) electrons. The van der Waals surface area contributed by atoms with Crippen molar-refractivity contribution in [2.45, 2.75) is 70.7 Å². The van der Waals surface area contributed by atoms with Crippen LogP contribution in [0, 0.1) is 19.8 Å². The number of nitrogens with zero attached hydrogens (tertiary/aromatic N) is 1. The Morgan fingerprint density at radius 2 is 1.69 bits per heavy atom. The minimum absolute atomic E-state index is 0.101. The largest absolute Gasteiger partial charge is 0.446 e. The number of hydrogen-bond donors (Lipinski definition) is 2. The zero-order valence-electron chi connectivity index (χ0n) is 17.0. The summed E-state index contributed by atoms with van der Waals surface area (Å²) >= 11 is 0. The molecule has 0 bridgehead atoms. The van der Waals surface area contributed by atoms with Gasteiger partial charge in [-0.25, -0.2) is 4.79 Å². The Bertz CT molecular complexity index is 723. The predicted molar refractivity (Wildman–Crippen MR) is 107 cm³/mol. The summed E-state index contributed by atoms with van der Waals surface area (Å²) in [5, 5.41) is 3.58. The van der Waals surface area contributed by atoms with Crippen LogP contribution in [0.4, 0.5) is 29.3 Å². The van der Waals surface area contributed by atoms with Crippen LogP contribution in [0.2, 0.25) is 0 Å². The summed E-state index contributed by atoms with van der Waals surface area (Å²) in [6.07, 6.45) is -1.26. The molecule has 0 aromatic heterocycles. The topological polar surface area (TPSA) is 67.6 Å². The van der Waals surface area contributed by atoms with Gasteiger partial charge in [0.15, 0.2) is 0 Å². The second kappa shape index (κ2) is 8.71. The van der Waals surface area contributed by atoms with Gasteiger partial charge in [0.25, 0.3) is 0 Å². The third-order valence-electron chi connectivity index (χ3n) is 6.16. The Hall–Kier alpha value is -2.12. The molecule has 0 spiro atoms. The number of carbonyl (C=O) groups excluding carboxylic acids is 1. The van der Waals surface area contributed by atoms with E-state index in [9.17, 15) is 18.0 Å². The molecule has 5 nitrogen and oxygen atoms in total. The average Bonchev–Trinajstić information content (AvgIpc) is 2.65. The number of aryl methyl sites for hydroxylation is 2. The standard InChI is InChI=1S/C21H30F3N3O2/c1-13-12-19(27-9-7-15(8-10-27)21(22,23)24)14(2)11-18(13)26-16-3-5-17(6-4-16)29-20(25)28/h11-12,15-17,26H,3-10H2,1-2H3,(H2,25,28). The number of alkyl halides is 3. The molecule has 1 saturated carbocycles. The van der Waals surface area contributed by atoms with E-state index < -0.39 is 18.2 Å². The van der Waals surface area contributed by atoms with Gasteiger partial charge in [-0.05, 0) is 75.6 Å². The van der Waals surface area contributed by atoms with Crippen molar-refractivity contribution in [2.24, 2.45) is 11.7 Å². The Balaban J connectivity index is 1.60. The van der Waals surface area contributed by atoms with E-state index in [2.05, 4.69) is 22.3 Å². The van der Waals surface area contributed by atoms with Gasteiger partial charge in [0.1, 0.15) is 6.10 Å². The number of nitrogens with two attached hydrogens (primary N) is 1. The van der Waals surface area contributed by atoms with Gasteiger partial charge in [-0.3, -0.25) is 0 Å². The zero-order valence-corrected chi connectivity index (χ0v) is 17.0. The Morgan fingerprint density at radius 3 is 2.24 bits per heavy atom. The normalized spacial score (nSPS) is 23.7. The van der Waals surface area contributed by atoms with Gasteiger partial charge >= 0.3 is 12.3 Å². The van der Waals surface area contributed by atoms with Crippen molar-refractivity contribution in [1.29, 1.82) is 0 Å². The molecule has 1 aromatic rings. The SMILES string of the molecule is Cc1cc(N2CCC(C(F)(F)F)CC2)c(C)cc1NC1CCC(OC(N)=O)CC1. The smallest absolute Gasteiger partial charge is 0.404 e. The molecular weight excluding hydrogens is 383 g/mol. The number of rotatable bonds is 4. The van der Waals surface area contributed by atoms with E-state index >= 15 is 0 Å². The average molecular weight is 413 g/mol. The van der Waals surface area contributed by atoms with Crippen LogP contribution < -0.4 is 16.0 Å². The molecule has 1 aromatic carbocycles. The number of ether oxygens (including phenoxy) is 1. The lowest BCUT2D eigenvalue weighted by molar-refractivity contribution is -0.179. The summed E-state index contributed by atoms with van der Waals surface area (Å²) in [6.45, 7) is 4.89. The lowest BCUT2D eigenvalue weighted by Gasteiger charge is -2.36. The number of piperidine rings is 1. The van der Waals surface area contributed by atoms with Gasteiger partial charge < -0.3 is 20.7 Å². The van der Waals surface area contributed by atoms with Gasteiger partial charge in [0, 0.05) is 30.5 Å². The van der Waals surface area contributed by atoms with Gasteiger partial charge in [-0.2, -0.15) is 13.2 Å². The summed E-state index contributed by atoms with van der Waals surface area (Å²) in [5.74, 6) is -1.19. The zero-order chi connectivity index (χ0) is 21.2. The number of halogens is 3. The number of nitrogens with one attached hydrogen (secondary N) is 1. The van der Waals surface area contributed by atoms with E-state index in [4.69, 9.17) is 10.5 Å². The summed E-state index contributed by atoms with van der Waals surface area (Å²) in [7, 11) is 0. The Morgan fingerprint density at radius 1 is 1.07 bits per heavy atom. The molecule has 2 fully saturated rings. The van der Waals surface area contributed by atoms with Gasteiger partial charge in [0.05, 0.1) is 5.92 Å². The predicted octanol–water partition coefficient (Wildman–Crippen LogP) is 4.90. The van der Waals surface area contributed by atoms with Crippen LogP contribution in [-0.2, 0) is 4.74 Å². The fourth-order valence-electron chi connectivity index (χ4n) is 4.45. The second-order valence-corrected chi connectivity index (χ2v) is 8.31. The molecule has 0 atom stereocenters. The first-order valence-corrected chi connectivity index (χ1v) is 10.3. The van der Waals surface area contributed by atoms with Crippen LogP contribution >= 0.6 is 0 Å². The first-order chi connectivity index (χ1) is 13.6. The minimum Gasteiger partial charge on any atom is -0.446 e. The van der Waals surface area contributed by atoms with Gasteiger partial charge in [-0.1, -0.05) is 0 Å². The maximum absolute atomic E-state index is 12.9. The molecule has 8 heteroatoms. The number of hydrogen-bond acceptors (Lipinski definition) is 4. The molecule has 29 heavy (non-hydrogen) atoms. The van der Waals surface area contributed by atoms with Crippen LogP contribution in [0.5, 0.6) is 0 Å². The second-order valence-electron chi connectivity index (χ2n) is 8.31. The van der Waals surface area contributed by atoms with Gasteiger partial charge in [-0.15, -0.1) is 0 Å². The first kappa shape index (κ1) is 21.6. The molecule has 1 aliphatic carbocycles. The monoisotopic (exact) mass is 413 g/mol. The molecule has 3 N–H and O–H groups in total. The molecule has 1 heterocycles. The third kappa shape index (κ3) is 5.48. The number of amides is 1. The van der Waals surface area contributed by atoms with Crippen molar-refractivity contribution < 1.29 is 22.7 Å². The summed E-state index contributed by atoms with van der Waals surface area (Å²) in [4.78, 5) is 12.9. The van der Waals surface area contributed by atoms with Crippen molar-refractivity contribution in [3.05, 3.63) is 23.3 Å². The Kier molecular flexibility index (Phi) is 6.49. The number of anilines is 2. The summed E-state index contributed by atoms with van der Waals surface area (Å²) in [5.41, 5.74) is 9.30. The van der Waals surface area contributed by atoms with Crippen molar-refractivity contribution in [2.75, 3.05) is 23.3 Å². The highest BCUT2D eigenvalue weighted by atomic mass is 19.4. The van der Waals surface area contributed by atoms with E-state index in [0.717, 1.165) is 48.2 Å². The van der Waals surface area contributed by atoms with Crippen molar-refractivity contribution >= 4 is 17.5 Å². The van der Waals surface area contributed by atoms with Crippen molar-refractivity contribution in [1.82, 2.24) is 0 Å². The molecule has 0 unspecified atom stereocenters. The van der Waals surface area contributed by atoms with Crippen molar-refractivity contribution in [3.63, 3.8) is 0 Å². The van der Waals surface area contributed by atoms with Crippen LogP contribution in [0.3, 0.4) is 0 Å². The highest BCUT2D eigenvalue weighted by molar-refractivity contribution is 5.65. The molecule has 1 amide bonds. The first-order valence-electron chi connectivity index (χ1n) is 10.3. The van der Waals surface area contributed by atoms with Crippen LogP contribution in [-0.4, -0.2) is 37.5 Å². The highest BCUT2D eigenvalue weighted by Crippen LogP contribution is 2.37. The van der Waals surface area contributed by atoms with E-state index in [-0.39, 0.29) is 18.9 Å². The summed E-state index contributed by atoms with van der Waals surface area (Å²) in [6, 6.07) is 4.47. The number of primary amides is 1. The van der Waals surface area contributed by atoms with Crippen molar-refractivity contribution in [3.8, 4) is 0 Å². The Labute approximate surface area is 169 Å². The maximum atomic E-state index is 12.9. The van der Waals surface area contributed by atoms with Crippen LogP contribution in [0.1, 0.15) is 49.7 Å². The molecule has 3 rings (SSSR count). The molecule has 1 saturated heterocycles. The molecule has 2 aliphatic rings. The highest BCUT2D eigenvalue weighted by Gasteiger charge is 2.41. The van der Waals surface area contributed by atoms with Gasteiger partial charge in [0.2, 0.25) is 0 Å². The minimum atomic E-state index is -4.09. The lowest BCUT2D eigenvalue weighted by Crippen LogP contribution is -2.39.